The number of benzene rings is 2. The van der Waals surface area contributed by atoms with Crippen molar-refractivity contribution in [2.24, 2.45) is 5.92 Å². The molecule has 158 valence electrons. The van der Waals surface area contributed by atoms with Crippen molar-refractivity contribution in [2.75, 3.05) is 25.1 Å². The lowest BCUT2D eigenvalue weighted by molar-refractivity contribution is 0.171. The lowest BCUT2D eigenvalue weighted by Crippen LogP contribution is -2.16. The first kappa shape index (κ1) is 20.2. The number of nitrogens with zero attached hydrogens (tertiary/aromatic N) is 1. The molecule has 1 aliphatic heterocycles. The number of rotatable bonds is 6. The van der Waals surface area contributed by atoms with Crippen LogP contribution in [0.5, 0.6) is 11.5 Å². The van der Waals surface area contributed by atoms with Crippen molar-refractivity contribution in [2.45, 2.75) is 23.8 Å². The third kappa shape index (κ3) is 3.85. The number of hydrogen-bond acceptors (Lipinski definition) is 7. The lowest BCUT2D eigenvalue weighted by Gasteiger charge is -2.18. The first-order valence-electron chi connectivity index (χ1n) is 9.50. The average Bonchev–Trinajstić information content (AvgIpc) is 3.17. The van der Waals surface area contributed by atoms with Crippen LogP contribution in [0.1, 0.15) is 13.8 Å². The van der Waals surface area contributed by atoms with E-state index < -0.39 is 15.7 Å². The highest BCUT2D eigenvalue weighted by Crippen LogP contribution is 2.37. The van der Waals surface area contributed by atoms with Gasteiger partial charge in [-0.05, 0) is 30.2 Å². The Balaban J connectivity index is 1.80. The second kappa shape index (κ2) is 7.98. The van der Waals surface area contributed by atoms with Crippen molar-refractivity contribution in [3.8, 4) is 23.0 Å². The van der Waals surface area contributed by atoms with Crippen LogP contribution in [0.15, 0.2) is 56.8 Å². The highest BCUT2D eigenvalue weighted by molar-refractivity contribution is 7.91. The number of anilines is 1. The Morgan fingerprint density at radius 1 is 1.10 bits per heavy atom. The first-order chi connectivity index (χ1) is 14.4. The monoisotopic (exact) mass is 432 g/mol. The van der Waals surface area contributed by atoms with Gasteiger partial charge >= 0.3 is 0 Å². The van der Waals surface area contributed by atoms with Gasteiger partial charge in [0.2, 0.25) is 26.6 Å². The van der Waals surface area contributed by atoms with Gasteiger partial charge in [0.05, 0.1) is 10.5 Å². The second-order valence-corrected chi connectivity index (χ2v) is 9.08. The Kier molecular flexibility index (Phi) is 5.38. The van der Waals surface area contributed by atoms with Crippen LogP contribution in [-0.4, -0.2) is 33.2 Å². The van der Waals surface area contributed by atoms with Gasteiger partial charge in [-0.3, -0.25) is 0 Å². The zero-order valence-electron chi connectivity index (χ0n) is 16.5. The van der Waals surface area contributed by atoms with Crippen LogP contribution >= 0.6 is 0 Å². The predicted molar refractivity (Wildman–Crippen MR) is 108 cm³/mol. The van der Waals surface area contributed by atoms with E-state index in [9.17, 15) is 12.8 Å². The molecular formula is C21H21FN2O5S. The lowest BCUT2D eigenvalue weighted by atomic mass is 10.2. The van der Waals surface area contributed by atoms with Gasteiger partial charge in [-0.25, -0.2) is 12.8 Å². The summed E-state index contributed by atoms with van der Waals surface area (Å²) in [7, 11) is -4.08. The molecule has 1 aliphatic rings. The van der Waals surface area contributed by atoms with Gasteiger partial charge in [-0.15, -0.1) is 0 Å². The molecule has 0 saturated carbocycles. The summed E-state index contributed by atoms with van der Waals surface area (Å²) in [6.07, 6.45) is 0. The molecule has 3 aromatic rings. The molecule has 1 aromatic heterocycles. The van der Waals surface area contributed by atoms with Crippen molar-refractivity contribution < 1.29 is 26.7 Å². The first-order valence-corrected chi connectivity index (χ1v) is 11.0. The van der Waals surface area contributed by atoms with Crippen molar-refractivity contribution in [1.82, 2.24) is 4.98 Å². The molecule has 0 spiro atoms. The Morgan fingerprint density at radius 3 is 2.57 bits per heavy atom. The van der Waals surface area contributed by atoms with Gasteiger partial charge in [0.25, 0.3) is 0 Å². The maximum Gasteiger partial charge on any atom is 0.233 e. The number of sulfone groups is 1. The zero-order valence-corrected chi connectivity index (χ0v) is 17.3. The summed E-state index contributed by atoms with van der Waals surface area (Å²) in [5.74, 6) is 0.337. The molecule has 0 unspecified atom stereocenters. The predicted octanol–water partition coefficient (Wildman–Crippen LogP) is 4.15. The van der Waals surface area contributed by atoms with Crippen LogP contribution < -0.4 is 14.8 Å². The number of nitrogens with one attached hydrogen (secondary N) is 1. The standard InChI is InChI=1S/C21H21FN2O5S/c1-13(2)12-23-20-21(24-19(29-20)15-5-3-4-6-16(15)22)30(25,26)14-7-8-17-18(11-14)28-10-9-27-17/h3-8,11,13,23H,9-10,12H2,1-2H3. The smallest absolute Gasteiger partial charge is 0.233 e. The van der Waals surface area contributed by atoms with Crippen LogP contribution in [0.4, 0.5) is 10.3 Å². The number of hydrogen-bond donors (Lipinski definition) is 1. The molecule has 0 radical (unpaired) electrons. The molecular weight excluding hydrogens is 411 g/mol. The summed E-state index contributed by atoms with van der Waals surface area (Å²) in [4.78, 5) is 4.13. The van der Waals surface area contributed by atoms with Gasteiger partial charge < -0.3 is 19.2 Å². The molecule has 0 bridgehead atoms. The Labute approximate surface area is 173 Å². The Bertz CT molecular complexity index is 1170. The minimum Gasteiger partial charge on any atom is -0.486 e. The van der Waals surface area contributed by atoms with Crippen LogP contribution in [-0.2, 0) is 9.84 Å². The number of ether oxygens (including phenoxy) is 2. The van der Waals surface area contributed by atoms with E-state index in [-0.39, 0.29) is 33.2 Å². The summed E-state index contributed by atoms with van der Waals surface area (Å²) < 4.78 is 57.6. The van der Waals surface area contributed by atoms with Crippen LogP contribution in [0, 0.1) is 11.7 Å². The molecule has 0 amide bonds. The quantitative estimate of drug-likeness (QED) is 0.626. The third-order valence-corrected chi connectivity index (χ3v) is 6.11. The van der Waals surface area contributed by atoms with Gasteiger partial charge in [0, 0.05) is 12.6 Å². The minimum atomic E-state index is -4.08. The molecule has 2 heterocycles. The molecule has 9 heteroatoms. The van der Waals surface area contributed by atoms with Crippen LogP contribution in [0.25, 0.3) is 11.5 Å². The molecule has 0 aliphatic carbocycles. The van der Waals surface area contributed by atoms with E-state index in [1.54, 1.807) is 12.1 Å². The largest absolute Gasteiger partial charge is 0.486 e. The van der Waals surface area contributed by atoms with Crippen molar-refractivity contribution in [3.05, 3.63) is 48.3 Å². The fourth-order valence-corrected chi connectivity index (χ4v) is 4.24. The normalized spacial score (nSPS) is 13.5. The maximum atomic E-state index is 14.2. The average molecular weight is 432 g/mol. The molecule has 4 rings (SSSR count). The fourth-order valence-electron chi connectivity index (χ4n) is 2.95. The van der Waals surface area contributed by atoms with E-state index in [1.807, 2.05) is 13.8 Å². The summed E-state index contributed by atoms with van der Waals surface area (Å²) in [5, 5.41) is 2.67. The molecule has 1 N–H and O–H groups in total. The van der Waals surface area contributed by atoms with E-state index in [1.165, 1.54) is 30.3 Å². The Hall–Kier alpha value is -3.07. The highest BCUT2D eigenvalue weighted by Gasteiger charge is 2.30. The van der Waals surface area contributed by atoms with Gasteiger partial charge in [0.15, 0.2) is 11.5 Å². The summed E-state index contributed by atoms with van der Waals surface area (Å²) >= 11 is 0. The fraction of sp³-hybridized carbons (Fsp3) is 0.286. The molecule has 30 heavy (non-hydrogen) atoms. The highest BCUT2D eigenvalue weighted by atomic mass is 32.2. The number of fused-ring (bicyclic) bond motifs is 1. The van der Waals surface area contributed by atoms with Crippen LogP contribution in [0.2, 0.25) is 0 Å². The van der Waals surface area contributed by atoms with Crippen LogP contribution in [0.3, 0.4) is 0 Å². The third-order valence-electron chi connectivity index (χ3n) is 4.45. The minimum absolute atomic E-state index is 0.0206. The van der Waals surface area contributed by atoms with Crippen molar-refractivity contribution >= 4 is 15.7 Å². The molecule has 0 fully saturated rings. The topological polar surface area (TPSA) is 90.7 Å². The van der Waals surface area contributed by atoms with Crippen molar-refractivity contribution in [3.63, 3.8) is 0 Å². The van der Waals surface area contributed by atoms with Gasteiger partial charge in [-0.2, -0.15) is 4.98 Å². The summed E-state index contributed by atoms with van der Waals surface area (Å²) in [6, 6.07) is 10.3. The number of oxazole rings is 1. The summed E-state index contributed by atoms with van der Waals surface area (Å²) in [6.45, 7) is 5.12. The van der Waals surface area contributed by atoms with E-state index in [0.29, 0.717) is 31.3 Å². The molecule has 7 nitrogen and oxygen atoms in total. The molecule has 0 saturated heterocycles. The number of aromatic nitrogens is 1. The number of halogens is 1. The second-order valence-electron chi connectivity index (χ2n) is 7.22. The Morgan fingerprint density at radius 2 is 1.83 bits per heavy atom. The zero-order chi connectivity index (χ0) is 21.3. The molecule has 2 aromatic carbocycles. The van der Waals surface area contributed by atoms with Gasteiger partial charge in [-0.1, -0.05) is 26.0 Å². The van der Waals surface area contributed by atoms with E-state index >= 15 is 0 Å². The van der Waals surface area contributed by atoms with E-state index in [0.717, 1.165) is 0 Å². The SMILES string of the molecule is CC(C)CNc1oc(-c2ccccc2F)nc1S(=O)(=O)c1ccc2c(c1)OCCO2. The van der Waals surface area contributed by atoms with Crippen molar-refractivity contribution in [1.29, 1.82) is 0 Å². The van der Waals surface area contributed by atoms with Gasteiger partial charge in [0.1, 0.15) is 19.0 Å². The van der Waals surface area contributed by atoms with E-state index in [2.05, 4.69) is 10.3 Å². The van der Waals surface area contributed by atoms with E-state index in [4.69, 9.17) is 13.9 Å². The maximum absolute atomic E-state index is 14.2. The molecule has 0 atom stereocenters. The summed E-state index contributed by atoms with van der Waals surface area (Å²) in [5.41, 5.74) is 0.0775.